The summed E-state index contributed by atoms with van der Waals surface area (Å²) in [5, 5.41) is 13.2. The first kappa shape index (κ1) is 12.8. The Kier molecular flexibility index (Phi) is 3.93. The highest BCUT2D eigenvalue weighted by atomic mass is 16.3. The Bertz CT molecular complexity index is 589. The molecule has 0 aliphatic heterocycles. The summed E-state index contributed by atoms with van der Waals surface area (Å²) in [6.07, 6.45) is 0. The van der Waals surface area contributed by atoms with Gasteiger partial charge in [-0.1, -0.05) is 18.2 Å². The van der Waals surface area contributed by atoms with Crippen LogP contribution in [0.4, 0.5) is 0 Å². The van der Waals surface area contributed by atoms with E-state index < -0.39 is 0 Å². The number of phenolic OH excluding ortho intramolecular Hbond substituents is 1. The average Bonchev–Trinajstić information content (AvgIpc) is 2.46. The summed E-state index contributed by atoms with van der Waals surface area (Å²) in [5.41, 5.74) is 4.57. The van der Waals surface area contributed by atoms with Crippen molar-refractivity contribution in [3.63, 3.8) is 0 Å². The number of rotatable bonds is 3. The molecule has 2 N–H and O–H groups in total. The Morgan fingerprint density at radius 2 is 1.63 bits per heavy atom. The third-order valence-corrected chi connectivity index (χ3v) is 2.65. The molecule has 0 fully saturated rings. The van der Waals surface area contributed by atoms with Gasteiger partial charge in [0.2, 0.25) is 0 Å². The van der Waals surface area contributed by atoms with Crippen LogP contribution < -0.4 is 5.43 Å². The van der Waals surface area contributed by atoms with Crippen LogP contribution in [0.1, 0.15) is 22.8 Å². The molecule has 4 nitrogen and oxygen atoms in total. The maximum absolute atomic E-state index is 11.8. The van der Waals surface area contributed by atoms with E-state index in [2.05, 4.69) is 10.5 Å². The maximum atomic E-state index is 11.8. The standard InChI is InChI=1S/C15H14N2O2/c1-11(12-7-9-14(18)10-8-12)16-17-15(19)13-5-3-2-4-6-13/h2-10,18H,1H3,(H,17,19)/b16-11-. The van der Waals surface area contributed by atoms with Gasteiger partial charge in [-0.3, -0.25) is 4.79 Å². The van der Waals surface area contributed by atoms with Crippen molar-refractivity contribution in [2.24, 2.45) is 5.10 Å². The molecule has 96 valence electrons. The number of amides is 1. The number of benzene rings is 2. The van der Waals surface area contributed by atoms with Gasteiger partial charge < -0.3 is 5.11 Å². The van der Waals surface area contributed by atoms with Crippen molar-refractivity contribution in [3.05, 3.63) is 65.7 Å². The first-order chi connectivity index (χ1) is 9.16. The van der Waals surface area contributed by atoms with E-state index in [-0.39, 0.29) is 11.7 Å². The molecule has 0 heterocycles. The van der Waals surface area contributed by atoms with E-state index in [1.807, 2.05) is 6.07 Å². The van der Waals surface area contributed by atoms with Crippen molar-refractivity contribution in [1.82, 2.24) is 5.43 Å². The van der Waals surface area contributed by atoms with E-state index in [0.29, 0.717) is 11.3 Å². The number of hydrogen-bond donors (Lipinski definition) is 2. The van der Waals surface area contributed by atoms with Gasteiger partial charge in [0.1, 0.15) is 5.75 Å². The third-order valence-electron chi connectivity index (χ3n) is 2.65. The molecule has 0 saturated carbocycles. The van der Waals surface area contributed by atoms with Crippen molar-refractivity contribution in [3.8, 4) is 5.75 Å². The fourth-order valence-electron chi connectivity index (χ4n) is 1.56. The second-order valence-electron chi connectivity index (χ2n) is 4.05. The molecule has 0 aromatic heterocycles. The SMILES string of the molecule is C/C(=N/NC(=O)c1ccccc1)c1ccc(O)cc1. The van der Waals surface area contributed by atoms with E-state index >= 15 is 0 Å². The summed E-state index contributed by atoms with van der Waals surface area (Å²) in [7, 11) is 0. The summed E-state index contributed by atoms with van der Waals surface area (Å²) in [5.74, 6) is -0.0522. The molecule has 0 saturated heterocycles. The van der Waals surface area contributed by atoms with Gasteiger partial charge in [-0.15, -0.1) is 0 Å². The van der Waals surface area contributed by atoms with Gasteiger partial charge in [0, 0.05) is 5.56 Å². The number of carbonyl (C=O) groups excluding carboxylic acids is 1. The van der Waals surface area contributed by atoms with Crippen molar-refractivity contribution in [2.45, 2.75) is 6.92 Å². The Labute approximate surface area is 111 Å². The Morgan fingerprint density at radius 3 is 2.26 bits per heavy atom. The minimum Gasteiger partial charge on any atom is -0.508 e. The second kappa shape index (κ2) is 5.82. The number of nitrogens with zero attached hydrogens (tertiary/aromatic N) is 1. The highest BCUT2D eigenvalue weighted by molar-refractivity contribution is 6.00. The smallest absolute Gasteiger partial charge is 0.271 e. The highest BCUT2D eigenvalue weighted by Gasteiger charge is 2.03. The van der Waals surface area contributed by atoms with Gasteiger partial charge in [-0.2, -0.15) is 5.10 Å². The lowest BCUT2D eigenvalue weighted by molar-refractivity contribution is 0.0955. The van der Waals surface area contributed by atoms with Gasteiger partial charge in [0.25, 0.3) is 5.91 Å². The molecule has 2 rings (SSSR count). The monoisotopic (exact) mass is 254 g/mol. The molecule has 0 aliphatic rings. The average molecular weight is 254 g/mol. The zero-order valence-corrected chi connectivity index (χ0v) is 10.5. The van der Waals surface area contributed by atoms with Crippen molar-refractivity contribution in [1.29, 1.82) is 0 Å². The van der Waals surface area contributed by atoms with E-state index in [9.17, 15) is 9.90 Å². The van der Waals surface area contributed by atoms with E-state index in [4.69, 9.17) is 0 Å². The molecular weight excluding hydrogens is 240 g/mol. The fourth-order valence-corrected chi connectivity index (χ4v) is 1.56. The van der Waals surface area contributed by atoms with Crippen LogP contribution in [0.15, 0.2) is 59.7 Å². The van der Waals surface area contributed by atoms with Gasteiger partial charge in [0.15, 0.2) is 0 Å². The molecule has 1 amide bonds. The van der Waals surface area contributed by atoms with Gasteiger partial charge in [-0.05, 0) is 48.9 Å². The summed E-state index contributed by atoms with van der Waals surface area (Å²) in [6.45, 7) is 1.79. The molecular formula is C15H14N2O2. The largest absolute Gasteiger partial charge is 0.508 e. The molecule has 0 bridgehead atoms. The molecule has 0 aliphatic carbocycles. The minimum atomic E-state index is -0.251. The van der Waals surface area contributed by atoms with Crippen LogP contribution in [-0.2, 0) is 0 Å². The van der Waals surface area contributed by atoms with E-state index in [0.717, 1.165) is 5.56 Å². The molecule has 2 aromatic rings. The van der Waals surface area contributed by atoms with Crippen LogP contribution in [0, 0.1) is 0 Å². The minimum absolute atomic E-state index is 0.199. The van der Waals surface area contributed by atoms with Crippen molar-refractivity contribution >= 4 is 11.6 Å². The lowest BCUT2D eigenvalue weighted by atomic mass is 10.1. The first-order valence-electron chi connectivity index (χ1n) is 5.86. The maximum Gasteiger partial charge on any atom is 0.271 e. The zero-order valence-electron chi connectivity index (χ0n) is 10.5. The highest BCUT2D eigenvalue weighted by Crippen LogP contribution is 2.10. The lowest BCUT2D eigenvalue weighted by Gasteiger charge is -2.03. The van der Waals surface area contributed by atoms with Crippen LogP contribution in [0.5, 0.6) is 5.75 Å². The molecule has 2 aromatic carbocycles. The van der Waals surface area contributed by atoms with E-state index in [1.54, 1.807) is 55.5 Å². The van der Waals surface area contributed by atoms with Crippen LogP contribution in [0.25, 0.3) is 0 Å². The van der Waals surface area contributed by atoms with Crippen molar-refractivity contribution in [2.75, 3.05) is 0 Å². The van der Waals surface area contributed by atoms with Gasteiger partial charge in [-0.25, -0.2) is 5.43 Å². The van der Waals surface area contributed by atoms with Gasteiger partial charge >= 0.3 is 0 Å². The van der Waals surface area contributed by atoms with Gasteiger partial charge in [0.05, 0.1) is 5.71 Å². The Morgan fingerprint density at radius 1 is 1.00 bits per heavy atom. The Hall–Kier alpha value is -2.62. The van der Waals surface area contributed by atoms with Crippen LogP contribution in [0.3, 0.4) is 0 Å². The molecule has 0 unspecified atom stereocenters. The van der Waals surface area contributed by atoms with Crippen LogP contribution >= 0.6 is 0 Å². The number of hydrogen-bond acceptors (Lipinski definition) is 3. The summed E-state index contributed by atoms with van der Waals surface area (Å²) in [6, 6.07) is 15.5. The number of hydrazone groups is 1. The normalized spacial score (nSPS) is 11.1. The fraction of sp³-hybridized carbons (Fsp3) is 0.0667. The van der Waals surface area contributed by atoms with Crippen molar-refractivity contribution < 1.29 is 9.90 Å². The van der Waals surface area contributed by atoms with Crippen LogP contribution in [0.2, 0.25) is 0 Å². The molecule has 0 radical (unpaired) electrons. The molecule has 0 atom stereocenters. The lowest BCUT2D eigenvalue weighted by Crippen LogP contribution is -2.19. The zero-order chi connectivity index (χ0) is 13.7. The summed E-state index contributed by atoms with van der Waals surface area (Å²) < 4.78 is 0. The van der Waals surface area contributed by atoms with E-state index in [1.165, 1.54) is 0 Å². The second-order valence-corrected chi connectivity index (χ2v) is 4.05. The predicted octanol–water partition coefficient (Wildman–Crippen LogP) is 2.55. The quantitative estimate of drug-likeness (QED) is 0.653. The third kappa shape index (κ3) is 3.42. The molecule has 4 heteroatoms. The molecule has 0 spiro atoms. The van der Waals surface area contributed by atoms with Crippen LogP contribution in [-0.4, -0.2) is 16.7 Å². The topological polar surface area (TPSA) is 61.7 Å². The first-order valence-corrected chi connectivity index (χ1v) is 5.86. The summed E-state index contributed by atoms with van der Waals surface area (Å²) >= 11 is 0. The number of phenols is 1. The number of nitrogens with one attached hydrogen (secondary N) is 1. The number of carbonyl (C=O) groups is 1. The molecule has 19 heavy (non-hydrogen) atoms. The predicted molar refractivity (Wildman–Crippen MR) is 74.2 cm³/mol. The summed E-state index contributed by atoms with van der Waals surface area (Å²) in [4.78, 5) is 11.8. The Balaban J connectivity index is 2.06. The number of aromatic hydroxyl groups is 1.